The Balaban J connectivity index is 2.05. The van der Waals surface area contributed by atoms with Crippen LogP contribution in [0.5, 0.6) is 0 Å². The summed E-state index contributed by atoms with van der Waals surface area (Å²) in [7, 11) is 1.66. The fourth-order valence-corrected chi connectivity index (χ4v) is 3.23. The van der Waals surface area contributed by atoms with E-state index < -0.39 is 10.9 Å². The third kappa shape index (κ3) is 3.98. The molecule has 150 valence electrons. The largest absolute Gasteiger partial charge is 0.462 e. The van der Waals surface area contributed by atoms with E-state index >= 15 is 0 Å². The highest BCUT2D eigenvalue weighted by Gasteiger charge is 2.26. The van der Waals surface area contributed by atoms with Crippen LogP contribution in [0.2, 0.25) is 0 Å². The molecule has 0 aromatic heterocycles. The predicted octanol–water partition coefficient (Wildman–Crippen LogP) is 5.08. The van der Waals surface area contributed by atoms with Gasteiger partial charge in [-0.2, -0.15) is 5.26 Å². The Morgan fingerprint density at radius 3 is 2.43 bits per heavy atom. The summed E-state index contributed by atoms with van der Waals surface area (Å²) in [5, 5.41) is 20.9. The van der Waals surface area contributed by atoms with Crippen LogP contribution in [0.15, 0.2) is 66.7 Å². The highest BCUT2D eigenvalue weighted by atomic mass is 16.6. The summed E-state index contributed by atoms with van der Waals surface area (Å²) < 4.78 is 5.07. The number of carbonyl (C=O) groups is 1. The molecule has 0 saturated heterocycles. The molecule has 0 aliphatic rings. The van der Waals surface area contributed by atoms with E-state index in [1.807, 2.05) is 24.3 Å². The summed E-state index contributed by atoms with van der Waals surface area (Å²) in [6.07, 6.45) is 0. The maximum absolute atomic E-state index is 12.4. The number of rotatable bonds is 6. The van der Waals surface area contributed by atoms with E-state index in [1.165, 1.54) is 18.2 Å². The van der Waals surface area contributed by atoms with Crippen molar-refractivity contribution in [3.63, 3.8) is 0 Å². The molecule has 7 heteroatoms. The van der Waals surface area contributed by atoms with Gasteiger partial charge in [0.15, 0.2) is 0 Å². The lowest BCUT2D eigenvalue weighted by molar-refractivity contribution is -0.384. The van der Waals surface area contributed by atoms with Gasteiger partial charge in [-0.3, -0.25) is 10.1 Å². The highest BCUT2D eigenvalue weighted by Crippen LogP contribution is 2.37. The third-order valence-electron chi connectivity index (χ3n) is 4.66. The van der Waals surface area contributed by atoms with Gasteiger partial charge >= 0.3 is 5.97 Å². The normalized spacial score (nSPS) is 10.2. The predicted molar refractivity (Wildman–Crippen MR) is 114 cm³/mol. The zero-order valence-corrected chi connectivity index (χ0v) is 16.5. The van der Waals surface area contributed by atoms with Crippen molar-refractivity contribution in [2.24, 2.45) is 0 Å². The van der Waals surface area contributed by atoms with Gasteiger partial charge in [0.25, 0.3) is 5.69 Å². The molecule has 0 radical (unpaired) electrons. The summed E-state index contributed by atoms with van der Waals surface area (Å²) in [4.78, 5) is 25.0. The Morgan fingerprint density at radius 2 is 1.80 bits per heavy atom. The average molecular weight is 401 g/mol. The van der Waals surface area contributed by atoms with Crippen LogP contribution in [-0.2, 0) is 4.74 Å². The zero-order valence-electron chi connectivity index (χ0n) is 16.5. The van der Waals surface area contributed by atoms with E-state index in [0.717, 1.165) is 11.1 Å². The minimum atomic E-state index is -0.623. The molecule has 0 aliphatic carbocycles. The fourth-order valence-electron chi connectivity index (χ4n) is 3.23. The van der Waals surface area contributed by atoms with Crippen LogP contribution in [-0.4, -0.2) is 24.5 Å². The van der Waals surface area contributed by atoms with Crippen LogP contribution in [0.3, 0.4) is 0 Å². The van der Waals surface area contributed by atoms with Crippen molar-refractivity contribution in [2.75, 3.05) is 18.6 Å². The minimum Gasteiger partial charge on any atom is -0.462 e. The van der Waals surface area contributed by atoms with Crippen LogP contribution in [0.4, 0.5) is 17.1 Å². The highest BCUT2D eigenvalue weighted by molar-refractivity contribution is 5.99. The molecular weight excluding hydrogens is 382 g/mol. The lowest BCUT2D eigenvalue weighted by Gasteiger charge is -2.22. The van der Waals surface area contributed by atoms with Crippen LogP contribution in [0.1, 0.15) is 22.8 Å². The van der Waals surface area contributed by atoms with Crippen molar-refractivity contribution in [3.8, 4) is 17.2 Å². The summed E-state index contributed by atoms with van der Waals surface area (Å²) in [6, 6.07) is 21.0. The number of nitro benzene ring substituents is 1. The number of carbonyl (C=O) groups excluding carboxylic acids is 1. The van der Waals surface area contributed by atoms with Crippen molar-refractivity contribution in [2.45, 2.75) is 6.92 Å². The maximum Gasteiger partial charge on any atom is 0.340 e. The second-order valence-corrected chi connectivity index (χ2v) is 6.41. The number of nitrogens with zero attached hydrogens (tertiary/aromatic N) is 3. The molecule has 0 saturated carbocycles. The number of benzene rings is 3. The van der Waals surface area contributed by atoms with Crippen molar-refractivity contribution >= 4 is 23.0 Å². The summed E-state index contributed by atoms with van der Waals surface area (Å²) in [5.74, 6) is -0.623. The Labute approximate surface area is 173 Å². The molecule has 0 heterocycles. The van der Waals surface area contributed by atoms with Crippen LogP contribution >= 0.6 is 0 Å². The smallest absolute Gasteiger partial charge is 0.340 e. The number of nitriles is 1. The van der Waals surface area contributed by atoms with Gasteiger partial charge in [0.05, 0.1) is 28.7 Å². The van der Waals surface area contributed by atoms with Gasteiger partial charge in [0.2, 0.25) is 0 Å². The Kier molecular flexibility index (Phi) is 6.08. The Hall–Kier alpha value is -4.18. The molecule has 0 spiro atoms. The molecule has 30 heavy (non-hydrogen) atoms. The average Bonchev–Trinajstić information content (AvgIpc) is 2.78. The number of ether oxygens (including phenoxy) is 1. The molecule has 0 bridgehead atoms. The molecule has 0 atom stereocenters. The first-order valence-electron chi connectivity index (χ1n) is 9.25. The molecule has 0 amide bonds. The fraction of sp³-hybridized carbons (Fsp3) is 0.130. The quantitative estimate of drug-likeness (QED) is 0.325. The van der Waals surface area contributed by atoms with Gasteiger partial charge in [0.1, 0.15) is 5.69 Å². The number of esters is 1. The second-order valence-electron chi connectivity index (χ2n) is 6.41. The molecule has 3 aromatic carbocycles. The number of nitro groups is 1. The molecule has 3 rings (SSSR count). The van der Waals surface area contributed by atoms with E-state index in [-0.39, 0.29) is 23.5 Å². The standard InChI is InChI=1S/C23H19N3O4/c1-3-30-23(27)20-9-6-10-21(26(28)29)22(20)25(2)18-13-11-16(12-14-18)19-8-5-4-7-17(19)15-24/h4-14H,3H2,1-2H3. The first kappa shape index (κ1) is 20.6. The monoisotopic (exact) mass is 401 g/mol. The number of hydrogen-bond donors (Lipinski definition) is 0. The lowest BCUT2D eigenvalue weighted by Crippen LogP contribution is -2.17. The molecule has 0 unspecified atom stereocenters. The van der Waals surface area contributed by atoms with Gasteiger partial charge < -0.3 is 9.64 Å². The van der Waals surface area contributed by atoms with Crippen molar-refractivity contribution in [1.82, 2.24) is 0 Å². The number of anilines is 2. The van der Waals surface area contributed by atoms with E-state index in [9.17, 15) is 20.2 Å². The van der Waals surface area contributed by atoms with Gasteiger partial charge in [-0.1, -0.05) is 36.4 Å². The summed E-state index contributed by atoms with van der Waals surface area (Å²) in [5.41, 5.74) is 2.93. The SMILES string of the molecule is CCOC(=O)c1cccc([N+](=O)[O-])c1N(C)c1ccc(-c2ccccc2C#N)cc1. The maximum atomic E-state index is 12.4. The first-order valence-corrected chi connectivity index (χ1v) is 9.25. The minimum absolute atomic E-state index is 0.118. The van der Waals surface area contributed by atoms with Crippen molar-refractivity contribution in [3.05, 3.63) is 88.0 Å². The third-order valence-corrected chi connectivity index (χ3v) is 4.66. The summed E-state index contributed by atoms with van der Waals surface area (Å²) in [6.45, 7) is 1.84. The van der Waals surface area contributed by atoms with Gasteiger partial charge in [-0.25, -0.2) is 4.79 Å². The zero-order chi connectivity index (χ0) is 21.7. The first-order chi connectivity index (χ1) is 14.5. The molecule has 0 aliphatic heterocycles. The number of hydrogen-bond acceptors (Lipinski definition) is 6. The molecular formula is C23H19N3O4. The van der Waals surface area contributed by atoms with Crippen LogP contribution in [0.25, 0.3) is 11.1 Å². The van der Waals surface area contributed by atoms with Gasteiger partial charge in [0, 0.05) is 18.8 Å². The Morgan fingerprint density at radius 1 is 1.10 bits per heavy atom. The Bertz CT molecular complexity index is 1130. The van der Waals surface area contributed by atoms with Crippen LogP contribution in [0, 0.1) is 21.4 Å². The van der Waals surface area contributed by atoms with Gasteiger partial charge in [-0.15, -0.1) is 0 Å². The van der Waals surface area contributed by atoms with E-state index in [0.29, 0.717) is 11.3 Å². The lowest BCUT2D eigenvalue weighted by atomic mass is 10.00. The topological polar surface area (TPSA) is 96.5 Å². The van der Waals surface area contributed by atoms with Crippen molar-refractivity contribution < 1.29 is 14.5 Å². The number of para-hydroxylation sites is 1. The van der Waals surface area contributed by atoms with Crippen molar-refractivity contribution in [1.29, 1.82) is 5.26 Å². The van der Waals surface area contributed by atoms with E-state index in [2.05, 4.69) is 6.07 Å². The van der Waals surface area contributed by atoms with Crippen LogP contribution < -0.4 is 4.90 Å². The van der Waals surface area contributed by atoms with E-state index in [4.69, 9.17) is 4.74 Å². The summed E-state index contributed by atoms with van der Waals surface area (Å²) >= 11 is 0. The molecule has 0 N–H and O–H groups in total. The molecule has 3 aromatic rings. The van der Waals surface area contributed by atoms with E-state index in [1.54, 1.807) is 43.1 Å². The molecule has 0 fully saturated rings. The molecule has 7 nitrogen and oxygen atoms in total. The second kappa shape index (κ2) is 8.88. The van der Waals surface area contributed by atoms with Gasteiger partial charge in [-0.05, 0) is 42.3 Å².